The van der Waals surface area contributed by atoms with Crippen molar-refractivity contribution in [1.29, 1.82) is 0 Å². The zero-order valence-electron chi connectivity index (χ0n) is 9.14. The third kappa shape index (κ3) is 1.49. The van der Waals surface area contributed by atoms with Gasteiger partial charge in [0, 0.05) is 11.8 Å². The Labute approximate surface area is 84.0 Å². The first-order chi connectivity index (χ1) is 6.33. The molecule has 1 heterocycles. The lowest BCUT2D eigenvalue weighted by molar-refractivity contribution is -0.193. The summed E-state index contributed by atoms with van der Waals surface area (Å²) in [5.41, 5.74) is -1.32. The van der Waals surface area contributed by atoms with Crippen molar-refractivity contribution >= 4 is 11.9 Å². The molecule has 1 rings (SSSR count). The number of ether oxygens (including phenoxy) is 1. The molecule has 0 bridgehead atoms. The van der Waals surface area contributed by atoms with Crippen molar-refractivity contribution in [1.82, 2.24) is 5.32 Å². The summed E-state index contributed by atoms with van der Waals surface area (Å²) in [6.45, 7) is 7.83. The molecule has 1 N–H and O–H groups in total. The standard InChI is InChI=1S/C10H17NO3/c1-5-7(12)14-10(9(2,3)4)6-11-8(10)13/h5-6H2,1-4H3,(H,11,13). The molecular formula is C10H17NO3. The summed E-state index contributed by atoms with van der Waals surface area (Å²) in [6, 6.07) is 0. The highest BCUT2D eigenvalue weighted by molar-refractivity contribution is 5.94. The van der Waals surface area contributed by atoms with Crippen molar-refractivity contribution in [3.63, 3.8) is 0 Å². The molecule has 0 aromatic carbocycles. The van der Waals surface area contributed by atoms with Crippen LogP contribution in [0, 0.1) is 5.41 Å². The number of rotatable bonds is 2. The van der Waals surface area contributed by atoms with E-state index in [1.807, 2.05) is 20.8 Å². The maximum atomic E-state index is 11.5. The molecule has 0 aromatic rings. The van der Waals surface area contributed by atoms with Crippen LogP contribution in [0.25, 0.3) is 0 Å². The Balaban J connectivity index is 2.85. The molecule has 1 fully saturated rings. The summed E-state index contributed by atoms with van der Waals surface area (Å²) in [5, 5.41) is 2.62. The van der Waals surface area contributed by atoms with Gasteiger partial charge in [-0.15, -0.1) is 0 Å². The molecule has 0 radical (unpaired) electrons. The quantitative estimate of drug-likeness (QED) is 0.530. The average Bonchev–Trinajstić information content (AvgIpc) is 2.08. The minimum absolute atomic E-state index is 0.188. The Morgan fingerprint density at radius 2 is 2.14 bits per heavy atom. The topological polar surface area (TPSA) is 55.4 Å². The number of β-lactam (4-membered cyclic amide) rings is 1. The lowest BCUT2D eigenvalue weighted by Crippen LogP contribution is -2.72. The van der Waals surface area contributed by atoms with E-state index >= 15 is 0 Å². The van der Waals surface area contributed by atoms with Crippen molar-refractivity contribution in [3.05, 3.63) is 0 Å². The number of nitrogens with one attached hydrogen (secondary N) is 1. The van der Waals surface area contributed by atoms with Crippen molar-refractivity contribution in [2.75, 3.05) is 6.54 Å². The van der Waals surface area contributed by atoms with Crippen LogP contribution in [0.3, 0.4) is 0 Å². The van der Waals surface area contributed by atoms with Gasteiger partial charge >= 0.3 is 5.97 Å². The zero-order valence-corrected chi connectivity index (χ0v) is 9.14. The van der Waals surface area contributed by atoms with Crippen molar-refractivity contribution in [2.24, 2.45) is 5.41 Å². The van der Waals surface area contributed by atoms with E-state index in [2.05, 4.69) is 5.32 Å². The van der Waals surface area contributed by atoms with Crippen LogP contribution < -0.4 is 5.32 Å². The Kier molecular flexibility index (Phi) is 2.56. The van der Waals surface area contributed by atoms with E-state index in [0.717, 1.165) is 0 Å². The van der Waals surface area contributed by atoms with Gasteiger partial charge in [-0.05, 0) is 0 Å². The third-order valence-corrected chi connectivity index (χ3v) is 2.65. The van der Waals surface area contributed by atoms with Crippen LogP contribution in [0.5, 0.6) is 0 Å². The fraction of sp³-hybridized carbons (Fsp3) is 0.800. The highest BCUT2D eigenvalue weighted by atomic mass is 16.6. The van der Waals surface area contributed by atoms with Gasteiger partial charge in [-0.25, -0.2) is 0 Å². The number of esters is 1. The van der Waals surface area contributed by atoms with Gasteiger partial charge in [0.1, 0.15) is 0 Å². The van der Waals surface area contributed by atoms with Gasteiger partial charge in [-0.3, -0.25) is 9.59 Å². The second-order valence-electron chi connectivity index (χ2n) is 4.59. The van der Waals surface area contributed by atoms with Gasteiger partial charge in [0.2, 0.25) is 5.60 Å². The van der Waals surface area contributed by atoms with Crippen LogP contribution in [0.2, 0.25) is 0 Å². The van der Waals surface area contributed by atoms with Gasteiger partial charge in [-0.2, -0.15) is 0 Å². The molecule has 1 aliphatic rings. The molecule has 1 aliphatic heterocycles. The van der Waals surface area contributed by atoms with E-state index < -0.39 is 5.60 Å². The molecule has 80 valence electrons. The summed E-state index contributed by atoms with van der Waals surface area (Å²) < 4.78 is 5.25. The number of carbonyl (C=O) groups excluding carboxylic acids is 2. The second-order valence-corrected chi connectivity index (χ2v) is 4.59. The minimum atomic E-state index is -0.958. The van der Waals surface area contributed by atoms with Gasteiger partial charge in [0.25, 0.3) is 5.91 Å². The largest absolute Gasteiger partial charge is 0.446 e. The van der Waals surface area contributed by atoms with Crippen LogP contribution in [0.15, 0.2) is 0 Å². The highest BCUT2D eigenvalue weighted by Gasteiger charge is 2.58. The Bertz CT molecular complexity index is 267. The van der Waals surface area contributed by atoms with E-state index in [-0.39, 0.29) is 17.3 Å². The van der Waals surface area contributed by atoms with Crippen molar-refractivity contribution in [3.8, 4) is 0 Å². The van der Waals surface area contributed by atoms with E-state index in [1.54, 1.807) is 6.92 Å². The molecule has 1 amide bonds. The molecule has 4 nitrogen and oxygen atoms in total. The van der Waals surface area contributed by atoms with Crippen LogP contribution in [0.4, 0.5) is 0 Å². The average molecular weight is 199 g/mol. The predicted molar refractivity (Wildman–Crippen MR) is 51.6 cm³/mol. The van der Waals surface area contributed by atoms with Gasteiger partial charge < -0.3 is 10.1 Å². The molecule has 0 aromatic heterocycles. The first kappa shape index (κ1) is 11.0. The Morgan fingerprint density at radius 1 is 1.57 bits per heavy atom. The summed E-state index contributed by atoms with van der Waals surface area (Å²) >= 11 is 0. The van der Waals surface area contributed by atoms with E-state index in [4.69, 9.17) is 4.74 Å². The van der Waals surface area contributed by atoms with Gasteiger partial charge in [0.05, 0.1) is 6.54 Å². The molecule has 1 atom stereocenters. The lowest BCUT2D eigenvalue weighted by atomic mass is 9.71. The monoisotopic (exact) mass is 199 g/mol. The smallest absolute Gasteiger partial charge is 0.306 e. The normalized spacial score (nSPS) is 26.4. The molecule has 4 heteroatoms. The second kappa shape index (κ2) is 3.26. The highest BCUT2D eigenvalue weighted by Crippen LogP contribution is 2.38. The van der Waals surface area contributed by atoms with E-state index in [9.17, 15) is 9.59 Å². The molecule has 0 aliphatic carbocycles. The van der Waals surface area contributed by atoms with Crippen LogP contribution in [0.1, 0.15) is 34.1 Å². The van der Waals surface area contributed by atoms with Crippen LogP contribution in [-0.4, -0.2) is 24.0 Å². The molecule has 0 saturated carbocycles. The van der Waals surface area contributed by atoms with Crippen LogP contribution in [-0.2, 0) is 14.3 Å². The molecule has 14 heavy (non-hydrogen) atoms. The molecule has 1 unspecified atom stereocenters. The summed E-state index contributed by atoms with van der Waals surface area (Å²) in [4.78, 5) is 22.7. The first-order valence-corrected chi connectivity index (χ1v) is 4.83. The van der Waals surface area contributed by atoms with Gasteiger partial charge in [-0.1, -0.05) is 27.7 Å². The number of hydrogen-bond acceptors (Lipinski definition) is 3. The van der Waals surface area contributed by atoms with Crippen molar-refractivity contribution in [2.45, 2.75) is 39.7 Å². The fourth-order valence-corrected chi connectivity index (χ4v) is 1.43. The third-order valence-electron chi connectivity index (χ3n) is 2.65. The summed E-state index contributed by atoms with van der Waals surface area (Å²) in [7, 11) is 0. The summed E-state index contributed by atoms with van der Waals surface area (Å²) in [6.07, 6.45) is 0.297. The first-order valence-electron chi connectivity index (χ1n) is 4.83. The maximum Gasteiger partial charge on any atom is 0.306 e. The Hall–Kier alpha value is -1.06. The number of hydrogen-bond donors (Lipinski definition) is 1. The predicted octanol–water partition coefficient (Wildman–Crippen LogP) is 0.854. The Morgan fingerprint density at radius 3 is 2.36 bits per heavy atom. The maximum absolute atomic E-state index is 11.5. The van der Waals surface area contributed by atoms with E-state index in [1.165, 1.54) is 0 Å². The number of carbonyl (C=O) groups is 2. The molecular weight excluding hydrogens is 182 g/mol. The molecule has 1 saturated heterocycles. The summed E-state index contributed by atoms with van der Waals surface area (Å²) in [5.74, 6) is -0.512. The van der Waals surface area contributed by atoms with Gasteiger partial charge in [0.15, 0.2) is 0 Å². The fourth-order valence-electron chi connectivity index (χ4n) is 1.43. The lowest BCUT2D eigenvalue weighted by Gasteiger charge is -2.48. The van der Waals surface area contributed by atoms with Crippen LogP contribution >= 0.6 is 0 Å². The molecule has 0 spiro atoms. The van der Waals surface area contributed by atoms with E-state index in [0.29, 0.717) is 13.0 Å². The minimum Gasteiger partial charge on any atom is -0.446 e. The van der Waals surface area contributed by atoms with Crippen molar-refractivity contribution < 1.29 is 14.3 Å². The number of amides is 1. The SMILES string of the molecule is CCC(=O)OC1(C(C)(C)C)CNC1=O. The zero-order chi connectivity index (χ0) is 11.0.